The molecule has 1 aromatic rings. The largest absolute Gasteiger partial charge is 0.380 e. The molecule has 0 aliphatic rings. The fraction of sp³-hybridized carbons (Fsp3) is 0.455. The third kappa shape index (κ3) is 3.56. The highest BCUT2D eigenvalue weighted by molar-refractivity contribution is 5.40. The van der Waals surface area contributed by atoms with Crippen LogP contribution in [0, 0.1) is 11.3 Å². The fourth-order valence-corrected chi connectivity index (χ4v) is 1.16. The summed E-state index contributed by atoms with van der Waals surface area (Å²) in [5.41, 5.74) is 0.441. The molecule has 0 fully saturated rings. The van der Waals surface area contributed by atoms with Gasteiger partial charge in [-0.25, -0.2) is 4.98 Å². The minimum absolute atomic E-state index is 0.441. The van der Waals surface area contributed by atoms with Gasteiger partial charge in [-0.2, -0.15) is 5.26 Å². The van der Waals surface area contributed by atoms with E-state index >= 15 is 0 Å². The van der Waals surface area contributed by atoms with Crippen molar-refractivity contribution in [2.75, 3.05) is 31.7 Å². The van der Waals surface area contributed by atoms with Gasteiger partial charge < -0.3 is 9.64 Å². The van der Waals surface area contributed by atoms with E-state index in [9.17, 15) is 0 Å². The summed E-state index contributed by atoms with van der Waals surface area (Å²) < 4.78 is 5.25. The standard InChI is InChI=1S/C11H15N3O/c1-3-15-8-7-14(2)11-6-4-5-10(9-12)13-11/h4-6H,3,7-8H2,1-2H3. The lowest BCUT2D eigenvalue weighted by molar-refractivity contribution is 0.154. The van der Waals surface area contributed by atoms with Crippen molar-refractivity contribution >= 4 is 5.82 Å². The molecular formula is C11H15N3O. The molecule has 1 aromatic heterocycles. The monoisotopic (exact) mass is 205 g/mol. The number of anilines is 1. The molecule has 0 spiro atoms. The molecule has 0 aromatic carbocycles. The molecule has 4 heteroatoms. The summed E-state index contributed by atoms with van der Waals surface area (Å²) in [6, 6.07) is 7.43. The second-order valence-electron chi connectivity index (χ2n) is 3.11. The summed E-state index contributed by atoms with van der Waals surface area (Å²) in [6.07, 6.45) is 0. The van der Waals surface area contributed by atoms with Crippen molar-refractivity contribution in [1.82, 2.24) is 4.98 Å². The van der Waals surface area contributed by atoms with E-state index in [0.717, 1.165) is 19.0 Å². The molecule has 1 rings (SSSR count). The maximum atomic E-state index is 8.70. The third-order valence-corrected chi connectivity index (χ3v) is 2.02. The second-order valence-corrected chi connectivity index (χ2v) is 3.11. The molecule has 0 radical (unpaired) electrons. The predicted molar refractivity (Wildman–Crippen MR) is 58.7 cm³/mol. The molecule has 0 bridgehead atoms. The Kier molecular flexibility index (Phi) is 4.58. The number of ether oxygens (including phenoxy) is 1. The zero-order chi connectivity index (χ0) is 11.1. The highest BCUT2D eigenvalue weighted by Gasteiger charge is 2.02. The average molecular weight is 205 g/mol. The lowest BCUT2D eigenvalue weighted by Crippen LogP contribution is -2.23. The molecule has 0 amide bonds. The van der Waals surface area contributed by atoms with E-state index in [1.165, 1.54) is 0 Å². The van der Waals surface area contributed by atoms with Crippen LogP contribution in [0.3, 0.4) is 0 Å². The Bertz CT molecular complexity index is 346. The summed E-state index contributed by atoms with van der Waals surface area (Å²) in [4.78, 5) is 6.15. The van der Waals surface area contributed by atoms with Crippen LogP contribution in [0.5, 0.6) is 0 Å². The number of hydrogen-bond acceptors (Lipinski definition) is 4. The first-order valence-corrected chi connectivity index (χ1v) is 4.94. The third-order valence-electron chi connectivity index (χ3n) is 2.02. The molecule has 0 saturated carbocycles. The van der Waals surface area contributed by atoms with E-state index in [0.29, 0.717) is 12.3 Å². The van der Waals surface area contributed by atoms with Gasteiger partial charge in [-0.05, 0) is 19.1 Å². The van der Waals surface area contributed by atoms with Crippen LogP contribution >= 0.6 is 0 Å². The Morgan fingerprint density at radius 3 is 3.00 bits per heavy atom. The van der Waals surface area contributed by atoms with Gasteiger partial charge >= 0.3 is 0 Å². The van der Waals surface area contributed by atoms with E-state index in [1.807, 2.05) is 37.1 Å². The van der Waals surface area contributed by atoms with Crippen LogP contribution in [0.15, 0.2) is 18.2 Å². The van der Waals surface area contributed by atoms with Crippen molar-refractivity contribution in [2.45, 2.75) is 6.92 Å². The van der Waals surface area contributed by atoms with Crippen molar-refractivity contribution < 1.29 is 4.74 Å². The Morgan fingerprint density at radius 1 is 1.53 bits per heavy atom. The van der Waals surface area contributed by atoms with Gasteiger partial charge in [0.15, 0.2) is 0 Å². The Hall–Kier alpha value is -1.60. The minimum atomic E-state index is 0.441. The van der Waals surface area contributed by atoms with Crippen LogP contribution in [-0.2, 0) is 4.74 Å². The molecule has 0 aliphatic carbocycles. The van der Waals surface area contributed by atoms with Crippen LogP contribution in [0.1, 0.15) is 12.6 Å². The summed E-state index contributed by atoms with van der Waals surface area (Å²) in [5, 5.41) is 8.70. The maximum Gasteiger partial charge on any atom is 0.142 e. The molecule has 15 heavy (non-hydrogen) atoms. The van der Waals surface area contributed by atoms with E-state index in [-0.39, 0.29) is 0 Å². The zero-order valence-corrected chi connectivity index (χ0v) is 9.10. The summed E-state index contributed by atoms with van der Waals surface area (Å²) in [7, 11) is 1.93. The van der Waals surface area contributed by atoms with Crippen LogP contribution in [0.4, 0.5) is 5.82 Å². The van der Waals surface area contributed by atoms with E-state index in [1.54, 1.807) is 6.07 Å². The average Bonchev–Trinajstić information content (AvgIpc) is 2.29. The van der Waals surface area contributed by atoms with E-state index in [2.05, 4.69) is 4.98 Å². The van der Waals surface area contributed by atoms with Crippen molar-refractivity contribution in [3.8, 4) is 6.07 Å². The molecule has 1 heterocycles. The van der Waals surface area contributed by atoms with Crippen molar-refractivity contribution in [3.63, 3.8) is 0 Å². The van der Waals surface area contributed by atoms with E-state index < -0.39 is 0 Å². The molecule has 80 valence electrons. The van der Waals surface area contributed by atoms with E-state index in [4.69, 9.17) is 10.00 Å². The van der Waals surface area contributed by atoms with Gasteiger partial charge in [0.1, 0.15) is 17.6 Å². The first-order valence-electron chi connectivity index (χ1n) is 4.94. The quantitative estimate of drug-likeness (QED) is 0.682. The molecular weight excluding hydrogens is 190 g/mol. The predicted octanol–water partition coefficient (Wildman–Crippen LogP) is 1.43. The smallest absolute Gasteiger partial charge is 0.142 e. The number of likely N-dealkylation sites (N-methyl/N-ethyl adjacent to an activating group) is 1. The van der Waals surface area contributed by atoms with Crippen molar-refractivity contribution in [2.24, 2.45) is 0 Å². The number of rotatable bonds is 5. The highest BCUT2D eigenvalue weighted by Crippen LogP contribution is 2.08. The van der Waals surface area contributed by atoms with Crippen LogP contribution in [0.25, 0.3) is 0 Å². The zero-order valence-electron chi connectivity index (χ0n) is 9.10. The van der Waals surface area contributed by atoms with Gasteiger partial charge in [0.05, 0.1) is 6.61 Å². The van der Waals surface area contributed by atoms with Gasteiger partial charge in [-0.1, -0.05) is 6.07 Å². The lowest BCUT2D eigenvalue weighted by Gasteiger charge is -2.17. The molecule has 0 atom stereocenters. The van der Waals surface area contributed by atoms with Crippen LogP contribution in [0.2, 0.25) is 0 Å². The second kappa shape index (κ2) is 5.99. The van der Waals surface area contributed by atoms with Crippen molar-refractivity contribution in [1.29, 1.82) is 5.26 Å². The Balaban J connectivity index is 2.57. The maximum absolute atomic E-state index is 8.70. The number of pyridine rings is 1. The molecule has 0 N–H and O–H groups in total. The minimum Gasteiger partial charge on any atom is -0.380 e. The highest BCUT2D eigenvalue weighted by atomic mass is 16.5. The summed E-state index contributed by atoms with van der Waals surface area (Å²) in [5.74, 6) is 0.800. The topological polar surface area (TPSA) is 49.1 Å². The van der Waals surface area contributed by atoms with Crippen LogP contribution in [-0.4, -0.2) is 31.8 Å². The number of nitrogens with zero attached hydrogens (tertiary/aromatic N) is 3. The van der Waals surface area contributed by atoms with Crippen LogP contribution < -0.4 is 4.90 Å². The lowest BCUT2D eigenvalue weighted by atomic mass is 10.3. The van der Waals surface area contributed by atoms with Gasteiger partial charge in [0, 0.05) is 20.2 Å². The first-order chi connectivity index (χ1) is 7.27. The number of nitriles is 1. The number of aromatic nitrogens is 1. The Labute approximate surface area is 90.1 Å². The van der Waals surface area contributed by atoms with Gasteiger partial charge in [-0.15, -0.1) is 0 Å². The van der Waals surface area contributed by atoms with Gasteiger partial charge in [-0.3, -0.25) is 0 Å². The van der Waals surface area contributed by atoms with Gasteiger partial charge in [0.2, 0.25) is 0 Å². The molecule has 0 aliphatic heterocycles. The normalized spacial score (nSPS) is 9.67. The van der Waals surface area contributed by atoms with Gasteiger partial charge in [0.25, 0.3) is 0 Å². The number of hydrogen-bond donors (Lipinski definition) is 0. The molecule has 0 unspecified atom stereocenters. The summed E-state index contributed by atoms with van der Waals surface area (Å²) in [6.45, 7) is 4.13. The SMILES string of the molecule is CCOCCN(C)c1cccc(C#N)n1. The Morgan fingerprint density at radius 2 is 2.33 bits per heavy atom. The molecule has 4 nitrogen and oxygen atoms in total. The first kappa shape index (κ1) is 11.5. The molecule has 0 saturated heterocycles. The summed E-state index contributed by atoms with van der Waals surface area (Å²) >= 11 is 0. The van der Waals surface area contributed by atoms with Crippen molar-refractivity contribution in [3.05, 3.63) is 23.9 Å². The fourth-order valence-electron chi connectivity index (χ4n) is 1.16.